The second-order valence-corrected chi connectivity index (χ2v) is 12.4. The van der Waals surface area contributed by atoms with Gasteiger partial charge in [0.1, 0.15) is 11.5 Å². The number of thiophene rings is 1. The summed E-state index contributed by atoms with van der Waals surface area (Å²) in [6.07, 6.45) is 3.06. The maximum absolute atomic E-state index is 12.9. The Morgan fingerprint density at radius 3 is 2.23 bits per heavy atom. The Morgan fingerprint density at radius 2 is 1.60 bits per heavy atom. The van der Waals surface area contributed by atoms with Gasteiger partial charge in [-0.05, 0) is 99.1 Å². The topological polar surface area (TPSA) is 47.6 Å². The number of nitrogens with one attached hydrogen (secondary N) is 1. The predicted octanol–water partition coefficient (Wildman–Crippen LogP) is 7.52. The van der Waals surface area contributed by atoms with Crippen molar-refractivity contribution < 1.29 is 14.3 Å². The Morgan fingerprint density at radius 1 is 0.943 bits per heavy atom. The Balaban J connectivity index is 1.52. The molecule has 0 radical (unpaired) electrons. The van der Waals surface area contributed by atoms with Gasteiger partial charge in [0.05, 0.1) is 23.6 Å². The molecule has 1 aromatic heterocycles. The molecule has 0 spiro atoms. The molecule has 2 aromatic carbocycles. The first-order chi connectivity index (χ1) is 16.6. The van der Waals surface area contributed by atoms with Gasteiger partial charge in [-0.3, -0.25) is 4.79 Å². The lowest BCUT2D eigenvalue weighted by molar-refractivity contribution is 0.0958. The number of hydrogen-bond acceptors (Lipinski definition) is 4. The molecule has 1 amide bonds. The van der Waals surface area contributed by atoms with E-state index < -0.39 is 0 Å². The highest BCUT2D eigenvalue weighted by atomic mass is 79.9. The van der Waals surface area contributed by atoms with Gasteiger partial charge in [0.25, 0.3) is 5.91 Å². The zero-order valence-corrected chi connectivity index (χ0v) is 23.8. The third-order valence-electron chi connectivity index (χ3n) is 7.18. The van der Waals surface area contributed by atoms with Crippen LogP contribution in [0.15, 0.2) is 46.9 Å². The third-order valence-corrected chi connectivity index (χ3v) is 8.92. The van der Waals surface area contributed by atoms with Crippen molar-refractivity contribution in [2.75, 3.05) is 20.8 Å². The maximum Gasteiger partial charge on any atom is 0.261 e. The van der Waals surface area contributed by atoms with Crippen molar-refractivity contribution in [2.24, 2.45) is 0 Å². The van der Waals surface area contributed by atoms with E-state index in [0.29, 0.717) is 11.4 Å². The van der Waals surface area contributed by atoms with Crippen molar-refractivity contribution >= 4 is 33.2 Å². The van der Waals surface area contributed by atoms with E-state index in [9.17, 15) is 4.79 Å². The summed E-state index contributed by atoms with van der Waals surface area (Å²) in [5, 5.41) is 3.06. The largest absolute Gasteiger partial charge is 0.496 e. The third kappa shape index (κ3) is 5.29. The molecule has 1 heterocycles. The number of methoxy groups -OCH3 is 2. The lowest BCUT2D eigenvalue weighted by Crippen LogP contribution is -2.33. The number of ether oxygens (including phenoxy) is 2. The van der Waals surface area contributed by atoms with E-state index in [4.69, 9.17) is 9.47 Å². The lowest BCUT2D eigenvalue weighted by atomic mass is 9.63. The summed E-state index contributed by atoms with van der Waals surface area (Å²) in [7, 11) is 3.38. The van der Waals surface area contributed by atoms with Gasteiger partial charge in [-0.25, -0.2) is 0 Å². The summed E-state index contributed by atoms with van der Waals surface area (Å²) in [6, 6.07) is 14.4. The van der Waals surface area contributed by atoms with Gasteiger partial charge >= 0.3 is 0 Å². The minimum atomic E-state index is -0.0489. The van der Waals surface area contributed by atoms with Crippen molar-refractivity contribution in [2.45, 2.75) is 57.8 Å². The summed E-state index contributed by atoms with van der Waals surface area (Å²) >= 11 is 5.03. The van der Waals surface area contributed by atoms with Crippen LogP contribution in [0, 0.1) is 0 Å². The van der Waals surface area contributed by atoms with E-state index in [2.05, 4.69) is 61.1 Å². The van der Waals surface area contributed by atoms with Crippen molar-refractivity contribution in [1.82, 2.24) is 5.32 Å². The van der Waals surface area contributed by atoms with Crippen LogP contribution in [-0.2, 0) is 17.3 Å². The molecule has 0 saturated carbocycles. The second-order valence-electron chi connectivity index (χ2n) is 10.5. The quantitative estimate of drug-likeness (QED) is 0.328. The first-order valence-electron chi connectivity index (χ1n) is 12.0. The molecule has 0 atom stereocenters. The van der Waals surface area contributed by atoms with Gasteiger partial charge in [0.2, 0.25) is 0 Å². The number of hydrogen-bond donors (Lipinski definition) is 1. The maximum atomic E-state index is 12.9. The molecule has 4 rings (SSSR count). The lowest BCUT2D eigenvalue weighted by Gasteiger charge is -2.42. The molecule has 0 aliphatic heterocycles. The fraction of sp³-hybridized carbons (Fsp3) is 0.414. The van der Waals surface area contributed by atoms with E-state index in [1.807, 2.05) is 30.3 Å². The Kier molecular flexibility index (Phi) is 7.35. The molecule has 186 valence electrons. The summed E-state index contributed by atoms with van der Waals surface area (Å²) < 4.78 is 12.0. The number of halogens is 1. The zero-order valence-electron chi connectivity index (χ0n) is 21.4. The first-order valence-corrected chi connectivity index (χ1v) is 13.6. The van der Waals surface area contributed by atoms with Crippen LogP contribution in [0.25, 0.3) is 10.4 Å². The monoisotopic (exact) mass is 555 g/mol. The Bertz CT molecular complexity index is 1240. The molecule has 1 N–H and O–H groups in total. The minimum absolute atomic E-state index is 0.0489. The predicted molar refractivity (Wildman–Crippen MR) is 148 cm³/mol. The molecule has 0 fully saturated rings. The van der Waals surface area contributed by atoms with Crippen molar-refractivity contribution in [3.63, 3.8) is 0 Å². The molecule has 1 aliphatic carbocycles. The SMILES string of the molecule is COc1ccc(CCNC(=O)c2ccc(-c3cc4c(cc3OC)C(C)(C)CCC4(C)C)s2)cc1Br. The van der Waals surface area contributed by atoms with Gasteiger partial charge in [-0.1, -0.05) is 33.8 Å². The number of carbonyl (C=O) groups is 1. The Hall–Kier alpha value is -2.31. The van der Waals surface area contributed by atoms with Crippen LogP contribution in [0.3, 0.4) is 0 Å². The fourth-order valence-electron chi connectivity index (χ4n) is 4.83. The van der Waals surface area contributed by atoms with Crippen LogP contribution in [0.4, 0.5) is 0 Å². The molecular weight excluding hydrogens is 522 g/mol. The molecule has 6 heteroatoms. The smallest absolute Gasteiger partial charge is 0.261 e. The van der Waals surface area contributed by atoms with Crippen molar-refractivity contribution in [3.05, 3.63) is 68.5 Å². The van der Waals surface area contributed by atoms with Crippen LogP contribution in [0.5, 0.6) is 11.5 Å². The van der Waals surface area contributed by atoms with Gasteiger partial charge in [0, 0.05) is 17.0 Å². The zero-order chi connectivity index (χ0) is 25.4. The van der Waals surface area contributed by atoms with E-state index >= 15 is 0 Å². The van der Waals surface area contributed by atoms with Gasteiger partial charge in [-0.2, -0.15) is 0 Å². The van der Waals surface area contributed by atoms with E-state index in [0.717, 1.165) is 51.2 Å². The standard InChI is InChI=1S/C29H34BrNO3S/c1-28(2)12-13-29(3,4)21-17-24(34-6)19(16-20(21)28)25-9-10-26(35-25)27(32)31-14-11-18-7-8-23(33-5)22(30)15-18/h7-10,15-17H,11-14H2,1-6H3,(H,31,32). The highest BCUT2D eigenvalue weighted by molar-refractivity contribution is 9.10. The minimum Gasteiger partial charge on any atom is -0.496 e. The van der Waals surface area contributed by atoms with Crippen LogP contribution in [0.1, 0.15) is 66.9 Å². The number of amides is 1. The van der Waals surface area contributed by atoms with E-state index in [-0.39, 0.29) is 16.7 Å². The molecule has 1 aliphatic rings. The van der Waals surface area contributed by atoms with Crippen LogP contribution < -0.4 is 14.8 Å². The van der Waals surface area contributed by atoms with Crippen LogP contribution in [0.2, 0.25) is 0 Å². The Labute approximate surface area is 221 Å². The summed E-state index contributed by atoms with van der Waals surface area (Å²) in [5.41, 5.74) is 5.18. The second kappa shape index (κ2) is 9.98. The van der Waals surface area contributed by atoms with Crippen molar-refractivity contribution in [1.29, 1.82) is 0 Å². The van der Waals surface area contributed by atoms with E-state index in [1.54, 1.807) is 14.2 Å². The normalized spacial score (nSPS) is 15.9. The molecular formula is C29H34BrNO3S. The fourth-order valence-corrected chi connectivity index (χ4v) is 6.36. The number of carbonyl (C=O) groups excluding carboxylic acids is 1. The molecule has 0 unspecified atom stereocenters. The average molecular weight is 557 g/mol. The molecule has 0 bridgehead atoms. The van der Waals surface area contributed by atoms with Crippen LogP contribution >= 0.6 is 27.3 Å². The first kappa shape index (κ1) is 25.8. The highest BCUT2D eigenvalue weighted by Crippen LogP contribution is 2.49. The highest BCUT2D eigenvalue weighted by Gasteiger charge is 2.38. The van der Waals surface area contributed by atoms with Crippen LogP contribution in [-0.4, -0.2) is 26.7 Å². The number of benzene rings is 2. The molecule has 4 nitrogen and oxygen atoms in total. The van der Waals surface area contributed by atoms with Gasteiger partial charge in [0.15, 0.2) is 0 Å². The van der Waals surface area contributed by atoms with Crippen molar-refractivity contribution in [3.8, 4) is 21.9 Å². The van der Waals surface area contributed by atoms with Gasteiger partial charge < -0.3 is 14.8 Å². The molecule has 3 aromatic rings. The van der Waals surface area contributed by atoms with E-state index in [1.165, 1.54) is 22.5 Å². The number of rotatable bonds is 7. The molecule has 0 saturated heterocycles. The van der Waals surface area contributed by atoms with Gasteiger partial charge in [-0.15, -0.1) is 11.3 Å². The summed E-state index contributed by atoms with van der Waals surface area (Å²) in [6.45, 7) is 9.85. The summed E-state index contributed by atoms with van der Waals surface area (Å²) in [4.78, 5) is 14.6. The number of fused-ring (bicyclic) bond motifs is 1. The average Bonchev–Trinajstić information content (AvgIpc) is 3.32. The summed E-state index contributed by atoms with van der Waals surface area (Å²) in [5.74, 6) is 1.62. The molecule has 35 heavy (non-hydrogen) atoms.